The predicted molar refractivity (Wildman–Crippen MR) is 61.4 cm³/mol. The second-order valence-corrected chi connectivity index (χ2v) is 8.13. The van der Waals surface area contributed by atoms with Gasteiger partial charge in [-0.05, 0) is 27.3 Å². The molecule has 3 atom stereocenters. The normalized spacial score (nSPS) is 32.4. The molecule has 0 aromatic heterocycles. The van der Waals surface area contributed by atoms with Crippen LogP contribution in [-0.4, -0.2) is 19.7 Å². The van der Waals surface area contributed by atoms with Crippen molar-refractivity contribution in [2.75, 3.05) is 0 Å². The number of hydrogen-bond donors (Lipinski definition) is 1. The molecule has 0 spiro atoms. The molecule has 0 aromatic rings. The average Bonchev–Trinajstić information content (AvgIpc) is 2.49. The summed E-state index contributed by atoms with van der Waals surface area (Å²) in [6.45, 7) is 3.69. The van der Waals surface area contributed by atoms with Crippen molar-refractivity contribution in [2.45, 2.75) is 22.5 Å². The van der Waals surface area contributed by atoms with Crippen LogP contribution in [-0.2, 0) is 4.79 Å². The monoisotopic (exact) mass is 322 g/mol. The number of rotatable bonds is 3. The van der Waals surface area contributed by atoms with Gasteiger partial charge in [0.15, 0.2) is 3.24 Å². The van der Waals surface area contributed by atoms with Gasteiger partial charge in [-0.3, -0.25) is 4.79 Å². The van der Waals surface area contributed by atoms with E-state index in [1.165, 1.54) is 0 Å². The summed E-state index contributed by atoms with van der Waals surface area (Å²) in [5.74, 6) is -1.54. The quantitative estimate of drug-likeness (QED) is 0.807. The molecule has 14 heavy (non-hydrogen) atoms. The first-order valence-electron chi connectivity index (χ1n) is 4.03. The van der Waals surface area contributed by atoms with E-state index in [9.17, 15) is 4.79 Å². The van der Waals surface area contributed by atoms with E-state index in [4.69, 9.17) is 39.9 Å². The lowest BCUT2D eigenvalue weighted by Crippen LogP contribution is -2.24. The summed E-state index contributed by atoms with van der Waals surface area (Å²) in [5, 5.41) is 8.29. The molecule has 1 aliphatic rings. The number of carboxylic acids is 1. The van der Waals surface area contributed by atoms with Crippen molar-refractivity contribution in [3.63, 3.8) is 0 Å². The maximum Gasteiger partial charge on any atom is 0.307 e. The Hall–Kier alpha value is 0.820. The molecule has 1 saturated carbocycles. The van der Waals surface area contributed by atoms with Crippen molar-refractivity contribution < 1.29 is 9.90 Å². The van der Waals surface area contributed by atoms with Crippen LogP contribution in [0.5, 0.6) is 0 Å². The summed E-state index contributed by atoms with van der Waals surface area (Å²) in [7, 11) is 0. The minimum atomic E-state index is -1.28. The Morgan fingerprint density at radius 3 is 2.21 bits per heavy atom. The van der Waals surface area contributed by atoms with E-state index in [0.717, 1.165) is 0 Å². The van der Waals surface area contributed by atoms with Gasteiger partial charge < -0.3 is 5.11 Å². The highest BCUT2D eigenvalue weighted by atomic mass is 79.9. The molecule has 0 aromatic carbocycles. The highest BCUT2D eigenvalue weighted by Crippen LogP contribution is 2.64. The molecule has 6 heteroatoms. The van der Waals surface area contributed by atoms with Gasteiger partial charge in [0.05, 0.1) is 11.3 Å². The molecule has 1 aliphatic carbocycles. The summed E-state index contributed by atoms with van der Waals surface area (Å²) >= 11 is 20.6. The highest BCUT2D eigenvalue weighted by molar-refractivity contribution is 9.11. The molecule has 0 radical (unpaired) electrons. The number of hydrogen-bond acceptors (Lipinski definition) is 1. The Balaban J connectivity index is 2.79. The maximum absolute atomic E-state index is 10.9. The largest absolute Gasteiger partial charge is 0.481 e. The Morgan fingerprint density at radius 2 is 2.00 bits per heavy atom. The molecule has 1 N–H and O–H groups in total. The summed E-state index contributed by atoms with van der Waals surface area (Å²) in [6, 6.07) is 0. The van der Waals surface area contributed by atoms with E-state index in [0.29, 0.717) is 0 Å². The van der Waals surface area contributed by atoms with Crippen molar-refractivity contribution in [3.05, 3.63) is 0 Å². The van der Waals surface area contributed by atoms with Crippen LogP contribution in [0.2, 0.25) is 0 Å². The fraction of sp³-hybridized carbons (Fsp3) is 0.875. The third-order valence-electron chi connectivity index (χ3n) is 2.80. The first-order valence-corrected chi connectivity index (χ1v) is 6.02. The van der Waals surface area contributed by atoms with E-state index in [1.54, 1.807) is 0 Å². The van der Waals surface area contributed by atoms with Crippen LogP contribution in [0.25, 0.3) is 0 Å². The zero-order valence-corrected chi connectivity index (χ0v) is 11.5. The summed E-state index contributed by atoms with van der Waals surface area (Å²) < 4.78 is -1.28. The predicted octanol–water partition coefficient (Wildman–Crippen LogP) is 3.48. The van der Waals surface area contributed by atoms with Crippen LogP contribution in [0, 0.1) is 17.3 Å². The summed E-state index contributed by atoms with van der Waals surface area (Å²) in [5.41, 5.74) is -0.346. The van der Waals surface area contributed by atoms with E-state index in [1.807, 2.05) is 13.8 Å². The van der Waals surface area contributed by atoms with Crippen molar-refractivity contribution in [2.24, 2.45) is 17.3 Å². The molecule has 1 rings (SSSR count). The van der Waals surface area contributed by atoms with Crippen LogP contribution < -0.4 is 0 Å². The van der Waals surface area contributed by atoms with Crippen LogP contribution in [0.1, 0.15) is 13.8 Å². The van der Waals surface area contributed by atoms with Crippen molar-refractivity contribution >= 4 is 56.7 Å². The molecule has 3 unspecified atom stereocenters. The van der Waals surface area contributed by atoms with Gasteiger partial charge >= 0.3 is 5.97 Å². The molecule has 0 bridgehead atoms. The lowest BCUT2D eigenvalue weighted by Gasteiger charge is -2.19. The lowest BCUT2D eigenvalue weighted by atomic mass is 10.1. The van der Waals surface area contributed by atoms with Gasteiger partial charge in [0.25, 0.3) is 0 Å². The number of alkyl halides is 4. The van der Waals surface area contributed by atoms with E-state index < -0.39 is 20.5 Å². The molecule has 0 amide bonds. The van der Waals surface area contributed by atoms with Crippen LogP contribution in [0.4, 0.5) is 0 Å². The Labute approximate surface area is 106 Å². The Bertz CT molecular complexity index is 262. The standard InChI is InChI=1S/C8H10BrCl3O2/c1-7(2)3(4(7)6(13)14)5(10)8(9,11)12/h3-5H,1-2H3,(H,13,14). The molecular formula is C8H10BrCl3O2. The van der Waals surface area contributed by atoms with Crippen LogP contribution in [0.3, 0.4) is 0 Å². The zero-order valence-electron chi connectivity index (χ0n) is 7.60. The number of carboxylic acid groups (broad SMARTS) is 1. The average molecular weight is 324 g/mol. The minimum Gasteiger partial charge on any atom is -0.481 e. The van der Waals surface area contributed by atoms with Gasteiger partial charge in [-0.1, -0.05) is 37.0 Å². The van der Waals surface area contributed by atoms with E-state index >= 15 is 0 Å². The van der Waals surface area contributed by atoms with Gasteiger partial charge in [0.1, 0.15) is 0 Å². The molecule has 0 saturated heterocycles. The topological polar surface area (TPSA) is 37.3 Å². The highest BCUT2D eigenvalue weighted by Gasteiger charge is 2.67. The smallest absolute Gasteiger partial charge is 0.307 e. The number of aliphatic carboxylic acids is 1. The Morgan fingerprint density at radius 1 is 1.57 bits per heavy atom. The molecular weight excluding hydrogens is 314 g/mol. The van der Waals surface area contributed by atoms with Crippen molar-refractivity contribution in [1.82, 2.24) is 0 Å². The van der Waals surface area contributed by atoms with Gasteiger partial charge in [-0.25, -0.2) is 0 Å². The fourth-order valence-electron chi connectivity index (χ4n) is 1.90. The van der Waals surface area contributed by atoms with Crippen LogP contribution >= 0.6 is 50.7 Å². The van der Waals surface area contributed by atoms with Gasteiger partial charge in [0, 0.05) is 0 Å². The SMILES string of the molecule is CC1(C)C(C(=O)O)C1C(Cl)C(Cl)(Cl)Br. The first kappa shape index (κ1) is 12.9. The molecule has 0 heterocycles. The van der Waals surface area contributed by atoms with Gasteiger partial charge in [0.2, 0.25) is 0 Å². The molecule has 1 fully saturated rings. The second-order valence-electron chi connectivity index (χ2n) is 4.11. The molecule has 82 valence electrons. The fourth-order valence-corrected chi connectivity index (χ4v) is 2.93. The summed E-state index contributed by atoms with van der Waals surface area (Å²) in [4.78, 5) is 10.9. The van der Waals surface area contributed by atoms with E-state index in [2.05, 4.69) is 15.9 Å². The summed E-state index contributed by atoms with van der Waals surface area (Å²) in [6.07, 6.45) is 0. The van der Waals surface area contributed by atoms with Gasteiger partial charge in [-0.15, -0.1) is 11.6 Å². The second kappa shape index (κ2) is 3.69. The molecule has 0 aliphatic heterocycles. The first-order chi connectivity index (χ1) is 6.10. The number of carbonyl (C=O) groups is 1. The molecule has 2 nitrogen and oxygen atoms in total. The van der Waals surface area contributed by atoms with Crippen molar-refractivity contribution in [3.8, 4) is 0 Å². The maximum atomic E-state index is 10.9. The third-order valence-corrected chi connectivity index (χ3v) is 4.85. The zero-order chi connectivity index (χ0) is 11.3. The number of halogens is 4. The minimum absolute atomic E-state index is 0.212. The third kappa shape index (κ3) is 2.16. The van der Waals surface area contributed by atoms with Crippen LogP contribution in [0.15, 0.2) is 0 Å². The van der Waals surface area contributed by atoms with Gasteiger partial charge in [-0.2, -0.15) is 0 Å². The van der Waals surface area contributed by atoms with Crippen molar-refractivity contribution in [1.29, 1.82) is 0 Å². The lowest BCUT2D eigenvalue weighted by molar-refractivity contribution is -0.139. The van der Waals surface area contributed by atoms with E-state index in [-0.39, 0.29) is 11.3 Å². The Kier molecular flexibility index (Phi) is 3.39.